The van der Waals surface area contributed by atoms with Crippen LogP contribution in [0.5, 0.6) is 0 Å². The zero-order chi connectivity index (χ0) is 18.7. The van der Waals surface area contributed by atoms with E-state index in [4.69, 9.17) is 0 Å². The van der Waals surface area contributed by atoms with Crippen molar-refractivity contribution in [2.45, 2.75) is 58.2 Å². The lowest BCUT2D eigenvalue weighted by Crippen LogP contribution is -2.57. The Kier molecular flexibility index (Phi) is 5.96. The number of carbonyl (C=O) groups is 2. The van der Waals surface area contributed by atoms with Crippen LogP contribution in [0.15, 0.2) is 12.4 Å². The van der Waals surface area contributed by atoms with Crippen molar-refractivity contribution in [1.82, 2.24) is 24.9 Å². The molecule has 0 radical (unpaired) electrons. The molecule has 2 fully saturated rings. The Morgan fingerprint density at radius 2 is 2.19 bits per heavy atom. The maximum Gasteiger partial charge on any atom is 0.237 e. The molecule has 2 aliphatic rings. The van der Waals surface area contributed by atoms with Crippen LogP contribution in [-0.2, 0) is 23.2 Å². The lowest BCUT2D eigenvalue weighted by atomic mass is 10.0. The quantitative estimate of drug-likeness (QED) is 0.754. The van der Waals surface area contributed by atoms with Crippen molar-refractivity contribution in [3.05, 3.63) is 18.0 Å². The number of aromatic nitrogens is 2. The molecule has 26 heavy (non-hydrogen) atoms. The summed E-state index contributed by atoms with van der Waals surface area (Å²) in [4.78, 5) is 29.6. The molecule has 1 unspecified atom stereocenters. The highest BCUT2D eigenvalue weighted by Gasteiger charge is 2.37. The van der Waals surface area contributed by atoms with Gasteiger partial charge in [0, 0.05) is 44.5 Å². The maximum atomic E-state index is 13.0. The van der Waals surface area contributed by atoms with E-state index in [0.717, 1.165) is 37.9 Å². The third kappa shape index (κ3) is 4.84. The number of rotatable bonds is 8. The number of nitrogens with zero attached hydrogens (tertiary/aromatic N) is 4. The summed E-state index contributed by atoms with van der Waals surface area (Å²) in [6.45, 7) is 7.32. The summed E-state index contributed by atoms with van der Waals surface area (Å²) >= 11 is 0. The van der Waals surface area contributed by atoms with Gasteiger partial charge < -0.3 is 10.2 Å². The van der Waals surface area contributed by atoms with Crippen molar-refractivity contribution in [3.63, 3.8) is 0 Å². The van der Waals surface area contributed by atoms with Gasteiger partial charge in [0.2, 0.25) is 11.8 Å². The Balaban J connectivity index is 1.65. The van der Waals surface area contributed by atoms with Crippen LogP contribution in [0.25, 0.3) is 0 Å². The van der Waals surface area contributed by atoms with E-state index >= 15 is 0 Å². The predicted octanol–water partition coefficient (Wildman–Crippen LogP) is 1.15. The standard InChI is InChI=1S/C19H31N5O2/c1-14(2)6-8-23-9-7-20-19(26)17(23)10-18(25)24(16-4-5-16)13-15-11-21-22(3)12-15/h11-12,14,16-17H,4-10,13H2,1-3H3,(H,20,26). The molecule has 7 nitrogen and oxygen atoms in total. The molecule has 2 amide bonds. The SMILES string of the molecule is CC(C)CCN1CCNC(=O)C1CC(=O)N(Cc1cnn(C)c1)C1CC1. The number of nitrogens with one attached hydrogen (secondary N) is 1. The Labute approximate surface area is 155 Å². The Hall–Kier alpha value is -1.89. The highest BCUT2D eigenvalue weighted by atomic mass is 16.2. The molecule has 1 atom stereocenters. The first-order chi connectivity index (χ1) is 12.4. The molecule has 1 aromatic heterocycles. The molecule has 1 aromatic rings. The first-order valence-electron chi connectivity index (χ1n) is 9.72. The van der Waals surface area contributed by atoms with Crippen molar-refractivity contribution < 1.29 is 9.59 Å². The molecule has 3 rings (SSSR count). The van der Waals surface area contributed by atoms with E-state index in [0.29, 0.717) is 25.0 Å². The topological polar surface area (TPSA) is 70.5 Å². The van der Waals surface area contributed by atoms with Crippen molar-refractivity contribution in [1.29, 1.82) is 0 Å². The Morgan fingerprint density at radius 3 is 2.81 bits per heavy atom. The van der Waals surface area contributed by atoms with Crippen LogP contribution in [0.3, 0.4) is 0 Å². The van der Waals surface area contributed by atoms with E-state index in [1.165, 1.54) is 0 Å². The third-order valence-electron chi connectivity index (χ3n) is 5.22. The van der Waals surface area contributed by atoms with E-state index in [2.05, 4.69) is 29.2 Å². The predicted molar refractivity (Wildman–Crippen MR) is 99.2 cm³/mol. The summed E-state index contributed by atoms with van der Waals surface area (Å²) in [5.41, 5.74) is 1.04. The molecule has 1 aliphatic carbocycles. The van der Waals surface area contributed by atoms with Crippen LogP contribution in [-0.4, -0.2) is 63.1 Å². The average molecular weight is 361 g/mol. The molecule has 1 saturated heterocycles. The fraction of sp³-hybridized carbons (Fsp3) is 0.737. The molecule has 0 aromatic carbocycles. The second-order valence-electron chi connectivity index (χ2n) is 8.00. The maximum absolute atomic E-state index is 13.0. The molecule has 0 bridgehead atoms. The summed E-state index contributed by atoms with van der Waals surface area (Å²) in [5, 5.41) is 7.12. The number of hydrogen-bond acceptors (Lipinski definition) is 4. The molecule has 7 heteroatoms. The summed E-state index contributed by atoms with van der Waals surface area (Å²) in [7, 11) is 1.88. The molecule has 2 heterocycles. The lowest BCUT2D eigenvalue weighted by Gasteiger charge is -2.36. The first kappa shape index (κ1) is 18.9. The number of piperazine rings is 1. The fourth-order valence-electron chi connectivity index (χ4n) is 3.52. The van der Waals surface area contributed by atoms with Gasteiger partial charge >= 0.3 is 0 Å². The van der Waals surface area contributed by atoms with Gasteiger partial charge in [0.05, 0.1) is 18.7 Å². The first-order valence-corrected chi connectivity index (χ1v) is 9.72. The third-order valence-corrected chi connectivity index (χ3v) is 5.22. The summed E-state index contributed by atoms with van der Waals surface area (Å²) < 4.78 is 1.76. The van der Waals surface area contributed by atoms with Gasteiger partial charge in [0.1, 0.15) is 0 Å². The highest BCUT2D eigenvalue weighted by molar-refractivity contribution is 5.89. The van der Waals surface area contributed by atoms with Crippen LogP contribution in [0, 0.1) is 5.92 Å². The van der Waals surface area contributed by atoms with E-state index in [1.54, 1.807) is 4.68 Å². The van der Waals surface area contributed by atoms with Gasteiger partial charge in [-0.1, -0.05) is 13.8 Å². The van der Waals surface area contributed by atoms with E-state index in [-0.39, 0.29) is 24.3 Å². The van der Waals surface area contributed by atoms with Crippen LogP contribution in [0.1, 0.15) is 45.1 Å². The second kappa shape index (κ2) is 8.20. The van der Waals surface area contributed by atoms with Gasteiger partial charge in [-0.3, -0.25) is 19.2 Å². The van der Waals surface area contributed by atoms with Crippen LogP contribution in [0.4, 0.5) is 0 Å². The van der Waals surface area contributed by atoms with Crippen molar-refractivity contribution in [2.24, 2.45) is 13.0 Å². The summed E-state index contributed by atoms with van der Waals surface area (Å²) in [5.74, 6) is 0.656. The Bertz CT molecular complexity index is 638. The van der Waals surface area contributed by atoms with Crippen LogP contribution in [0.2, 0.25) is 0 Å². The molecule has 1 aliphatic heterocycles. The summed E-state index contributed by atoms with van der Waals surface area (Å²) in [6, 6.07) is -0.0244. The zero-order valence-corrected chi connectivity index (χ0v) is 16.1. The molecular weight excluding hydrogens is 330 g/mol. The van der Waals surface area contributed by atoms with Gasteiger partial charge in [-0.05, 0) is 31.7 Å². The molecule has 1 N–H and O–H groups in total. The Morgan fingerprint density at radius 1 is 1.42 bits per heavy atom. The fourth-order valence-corrected chi connectivity index (χ4v) is 3.52. The van der Waals surface area contributed by atoms with E-state index < -0.39 is 0 Å². The number of amides is 2. The molecule has 0 spiro atoms. The van der Waals surface area contributed by atoms with Gasteiger partial charge in [0.25, 0.3) is 0 Å². The zero-order valence-electron chi connectivity index (χ0n) is 16.1. The normalized spacial score (nSPS) is 21.1. The van der Waals surface area contributed by atoms with E-state index in [1.807, 2.05) is 24.3 Å². The number of hydrogen-bond donors (Lipinski definition) is 1. The molecule has 1 saturated carbocycles. The van der Waals surface area contributed by atoms with E-state index in [9.17, 15) is 9.59 Å². The largest absolute Gasteiger partial charge is 0.353 e. The minimum absolute atomic E-state index is 0.00881. The molecule has 144 valence electrons. The minimum Gasteiger partial charge on any atom is -0.353 e. The monoisotopic (exact) mass is 361 g/mol. The van der Waals surface area contributed by atoms with Crippen LogP contribution < -0.4 is 5.32 Å². The second-order valence-corrected chi connectivity index (χ2v) is 8.00. The molecular formula is C19H31N5O2. The van der Waals surface area contributed by atoms with Gasteiger partial charge in [-0.15, -0.1) is 0 Å². The number of carbonyl (C=O) groups excluding carboxylic acids is 2. The van der Waals surface area contributed by atoms with Gasteiger partial charge in [-0.2, -0.15) is 5.10 Å². The number of aryl methyl sites for hydroxylation is 1. The summed E-state index contributed by atoms with van der Waals surface area (Å²) in [6.07, 6.45) is 7.18. The lowest BCUT2D eigenvalue weighted by molar-refractivity contribution is -0.139. The average Bonchev–Trinajstić information content (AvgIpc) is 3.35. The van der Waals surface area contributed by atoms with Gasteiger partial charge in [-0.25, -0.2) is 0 Å². The van der Waals surface area contributed by atoms with Crippen molar-refractivity contribution >= 4 is 11.8 Å². The van der Waals surface area contributed by atoms with Crippen molar-refractivity contribution in [3.8, 4) is 0 Å². The van der Waals surface area contributed by atoms with Crippen LogP contribution >= 0.6 is 0 Å². The highest BCUT2D eigenvalue weighted by Crippen LogP contribution is 2.29. The minimum atomic E-state index is -0.342. The smallest absolute Gasteiger partial charge is 0.237 e. The van der Waals surface area contributed by atoms with Gasteiger partial charge in [0.15, 0.2) is 0 Å². The van der Waals surface area contributed by atoms with Crippen molar-refractivity contribution in [2.75, 3.05) is 19.6 Å².